The Morgan fingerprint density at radius 2 is 1.75 bits per heavy atom. The maximum Gasteiger partial charge on any atom is 0.271 e. The minimum atomic E-state index is -0.570. The maximum absolute atomic E-state index is 12.9. The van der Waals surface area contributed by atoms with Gasteiger partial charge >= 0.3 is 0 Å². The molecule has 2 heterocycles. The van der Waals surface area contributed by atoms with Crippen LogP contribution in [0.2, 0.25) is 0 Å². The molecule has 0 radical (unpaired) electrons. The van der Waals surface area contributed by atoms with Gasteiger partial charge in [-0.25, -0.2) is 0 Å². The van der Waals surface area contributed by atoms with Crippen molar-refractivity contribution in [2.24, 2.45) is 12.5 Å². The van der Waals surface area contributed by atoms with Crippen LogP contribution in [0.5, 0.6) is 0 Å². The number of aryl methyl sites for hydroxylation is 1. The molecular weight excluding hydrogens is 252 g/mol. The lowest BCUT2D eigenvalue weighted by atomic mass is 9.84. The largest absolute Gasteiger partial charge is 0.339 e. The van der Waals surface area contributed by atoms with Crippen molar-refractivity contribution < 1.29 is 9.59 Å². The van der Waals surface area contributed by atoms with Crippen molar-refractivity contribution in [2.75, 3.05) is 13.6 Å². The van der Waals surface area contributed by atoms with Crippen LogP contribution in [0.15, 0.2) is 24.3 Å². The fourth-order valence-electron chi connectivity index (χ4n) is 3.13. The van der Waals surface area contributed by atoms with Gasteiger partial charge in [0.25, 0.3) is 5.91 Å². The summed E-state index contributed by atoms with van der Waals surface area (Å²) in [4.78, 5) is 27.1. The Morgan fingerprint density at radius 3 is 2.45 bits per heavy atom. The van der Waals surface area contributed by atoms with Gasteiger partial charge in [0, 0.05) is 37.0 Å². The van der Waals surface area contributed by atoms with Crippen LogP contribution in [0.4, 0.5) is 0 Å². The second-order valence-corrected chi connectivity index (χ2v) is 6.17. The van der Waals surface area contributed by atoms with Gasteiger partial charge in [0.1, 0.15) is 5.69 Å². The predicted octanol–water partition coefficient (Wildman–Crippen LogP) is 2.47. The summed E-state index contributed by atoms with van der Waals surface area (Å²) in [5, 5.41) is 0.867. The van der Waals surface area contributed by atoms with Gasteiger partial charge in [0.05, 0.1) is 5.56 Å². The highest BCUT2D eigenvalue weighted by Crippen LogP contribution is 2.35. The van der Waals surface area contributed by atoms with Crippen molar-refractivity contribution in [3.8, 4) is 0 Å². The number of aromatic nitrogens is 1. The first kappa shape index (κ1) is 12.9. The normalized spacial score (nSPS) is 18.3. The number of carbonyl (C=O) groups is 2. The molecule has 2 aromatic rings. The van der Waals surface area contributed by atoms with Crippen LogP contribution >= 0.6 is 0 Å². The van der Waals surface area contributed by atoms with E-state index in [1.807, 2.05) is 49.7 Å². The van der Waals surface area contributed by atoms with Gasteiger partial charge < -0.3 is 9.47 Å². The first-order chi connectivity index (χ1) is 9.34. The molecule has 1 aromatic carbocycles. The lowest BCUT2D eigenvalue weighted by Gasteiger charge is -2.25. The first-order valence-corrected chi connectivity index (χ1v) is 6.72. The minimum absolute atomic E-state index is 0.0435. The summed E-state index contributed by atoms with van der Waals surface area (Å²) in [6.45, 7) is 4.24. The third kappa shape index (κ3) is 1.54. The van der Waals surface area contributed by atoms with Gasteiger partial charge in [-0.1, -0.05) is 32.0 Å². The van der Waals surface area contributed by atoms with Crippen molar-refractivity contribution in [1.29, 1.82) is 0 Å². The Kier molecular flexibility index (Phi) is 2.55. The number of para-hydroxylation sites is 1. The van der Waals surface area contributed by atoms with Crippen molar-refractivity contribution in [1.82, 2.24) is 9.47 Å². The number of carbonyl (C=O) groups excluding carboxylic acids is 2. The molecule has 20 heavy (non-hydrogen) atoms. The molecule has 3 rings (SSSR count). The van der Waals surface area contributed by atoms with E-state index >= 15 is 0 Å². The first-order valence-electron chi connectivity index (χ1n) is 6.72. The Bertz CT molecular complexity index is 740. The zero-order valence-electron chi connectivity index (χ0n) is 12.2. The number of amides is 1. The molecule has 1 amide bonds. The summed E-state index contributed by atoms with van der Waals surface area (Å²) >= 11 is 0. The van der Waals surface area contributed by atoms with Gasteiger partial charge in [-0.2, -0.15) is 0 Å². The summed E-state index contributed by atoms with van der Waals surface area (Å²) in [5.74, 6) is -0.0420. The van der Waals surface area contributed by atoms with Crippen molar-refractivity contribution in [2.45, 2.75) is 13.8 Å². The number of hydrogen-bond donors (Lipinski definition) is 0. The number of fused-ring (bicyclic) bond motifs is 3. The monoisotopic (exact) mass is 270 g/mol. The molecule has 1 aliphatic heterocycles. The molecule has 0 aliphatic carbocycles. The number of hydrogen-bond acceptors (Lipinski definition) is 2. The molecule has 4 heteroatoms. The van der Waals surface area contributed by atoms with Crippen LogP contribution in [0, 0.1) is 5.41 Å². The lowest BCUT2D eigenvalue weighted by molar-refractivity contribution is 0.0701. The highest BCUT2D eigenvalue weighted by Gasteiger charge is 2.40. The minimum Gasteiger partial charge on any atom is -0.339 e. The zero-order valence-corrected chi connectivity index (χ0v) is 12.2. The van der Waals surface area contributed by atoms with Crippen molar-refractivity contribution >= 4 is 22.6 Å². The standard InChI is InChI=1S/C16H18N2O2/c1-16(2)9-17(3)15(20)13-12(14(16)19)10-7-5-6-8-11(10)18(13)4/h5-8H,9H2,1-4H3. The van der Waals surface area contributed by atoms with E-state index in [1.54, 1.807) is 11.9 Å². The van der Waals surface area contributed by atoms with E-state index in [0.29, 0.717) is 17.8 Å². The zero-order chi connectivity index (χ0) is 14.7. The molecule has 0 spiro atoms. The molecule has 0 bridgehead atoms. The number of Topliss-reactive ketones (excluding diaryl/α,β-unsaturated/α-hetero) is 1. The lowest BCUT2D eigenvalue weighted by Crippen LogP contribution is -2.37. The summed E-state index contributed by atoms with van der Waals surface area (Å²) < 4.78 is 1.84. The molecule has 104 valence electrons. The van der Waals surface area contributed by atoms with E-state index in [-0.39, 0.29) is 11.7 Å². The number of nitrogens with zero attached hydrogens (tertiary/aromatic N) is 2. The summed E-state index contributed by atoms with van der Waals surface area (Å²) in [6, 6.07) is 7.69. The molecule has 0 N–H and O–H groups in total. The molecule has 0 unspecified atom stereocenters. The molecule has 0 atom stereocenters. The van der Waals surface area contributed by atoms with E-state index in [9.17, 15) is 9.59 Å². The van der Waals surface area contributed by atoms with E-state index in [0.717, 1.165) is 10.9 Å². The van der Waals surface area contributed by atoms with Crippen LogP contribution in [-0.4, -0.2) is 34.7 Å². The highest BCUT2D eigenvalue weighted by atomic mass is 16.2. The van der Waals surface area contributed by atoms with Gasteiger partial charge in [-0.15, -0.1) is 0 Å². The van der Waals surface area contributed by atoms with Crippen LogP contribution in [0.3, 0.4) is 0 Å². The van der Waals surface area contributed by atoms with Crippen LogP contribution in [0.1, 0.15) is 34.7 Å². The van der Waals surface area contributed by atoms with Crippen molar-refractivity contribution in [3.05, 3.63) is 35.5 Å². The molecule has 0 saturated heterocycles. The molecular formula is C16H18N2O2. The summed E-state index contributed by atoms with van der Waals surface area (Å²) in [6.07, 6.45) is 0. The van der Waals surface area contributed by atoms with E-state index in [2.05, 4.69) is 0 Å². The number of ketones is 1. The topological polar surface area (TPSA) is 42.3 Å². The van der Waals surface area contributed by atoms with E-state index in [4.69, 9.17) is 0 Å². The fourth-order valence-corrected chi connectivity index (χ4v) is 3.13. The predicted molar refractivity (Wildman–Crippen MR) is 78.0 cm³/mol. The maximum atomic E-state index is 12.9. The van der Waals surface area contributed by atoms with Gasteiger partial charge in [-0.3, -0.25) is 9.59 Å². The van der Waals surface area contributed by atoms with Crippen LogP contribution in [-0.2, 0) is 7.05 Å². The van der Waals surface area contributed by atoms with Crippen LogP contribution in [0.25, 0.3) is 10.9 Å². The summed E-state index contributed by atoms with van der Waals surface area (Å²) in [5.41, 5.74) is 1.43. The van der Waals surface area contributed by atoms with Gasteiger partial charge in [0.2, 0.25) is 0 Å². The smallest absolute Gasteiger partial charge is 0.271 e. The Balaban J connectivity index is 2.45. The number of benzene rings is 1. The Labute approximate surface area is 118 Å². The average Bonchev–Trinajstić information content (AvgIpc) is 2.66. The van der Waals surface area contributed by atoms with Gasteiger partial charge in [0.15, 0.2) is 5.78 Å². The summed E-state index contributed by atoms with van der Waals surface area (Å²) in [7, 11) is 3.60. The molecule has 1 aromatic heterocycles. The third-order valence-electron chi connectivity index (χ3n) is 4.13. The molecule has 1 aliphatic rings. The molecule has 4 nitrogen and oxygen atoms in total. The second-order valence-electron chi connectivity index (χ2n) is 6.17. The third-order valence-corrected chi connectivity index (χ3v) is 4.13. The van der Waals surface area contributed by atoms with Crippen LogP contribution < -0.4 is 0 Å². The Hall–Kier alpha value is -2.10. The second kappa shape index (κ2) is 3.95. The quantitative estimate of drug-likeness (QED) is 0.738. The van der Waals surface area contributed by atoms with E-state index < -0.39 is 5.41 Å². The van der Waals surface area contributed by atoms with Crippen molar-refractivity contribution in [3.63, 3.8) is 0 Å². The molecule has 0 saturated carbocycles. The fraction of sp³-hybridized carbons (Fsp3) is 0.375. The highest BCUT2D eigenvalue weighted by molar-refractivity contribution is 6.19. The Morgan fingerprint density at radius 1 is 1.10 bits per heavy atom. The molecule has 0 fully saturated rings. The number of rotatable bonds is 0. The SMILES string of the molecule is CN1CC(C)(C)C(=O)c2c(n(C)c3ccccc23)C1=O. The van der Waals surface area contributed by atoms with Gasteiger partial charge in [-0.05, 0) is 6.07 Å². The van der Waals surface area contributed by atoms with E-state index in [1.165, 1.54) is 0 Å². The average molecular weight is 270 g/mol.